The highest BCUT2D eigenvalue weighted by atomic mass is 35.5. The smallest absolute Gasteiger partial charge is 0.263 e. The molecule has 8 heteroatoms. The zero-order valence-corrected chi connectivity index (χ0v) is 18.8. The van der Waals surface area contributed by atoms with Crippen molar-refractivity contribution in [3.63, 3.8) is 0 Å². The van der Waals surface area contributed by atoms with Crippen LogP contribution < -0.4 is 10.9 Å². The number of nitrogens with one attached hydrogen (secondary N) is 1. The van der Waals surface area contributed by atoms with Gasteiger partial charge in [0.25, 0.3) is 5.56 Å². The zero-order chi connectivity index (χ0) is 21.8. The predicted molar refractivity (Wildman–Crippen MR) is 130 cm³/mol. The van der Waals surface area contributed by atoms with Gasteiger partial charge in [0.05, 0.1) is 21.8 Å². The van der Waals surface area contributed by atoms with Crippen molar-refractivity contribution in [1.82, 2.24) is 9.55 Å². The molecule has 0 bridgehead atoms. The van der Waals surface area contributed by atoms with Gasteiger partial charge in [-0.3, -0.25) is 14.2 Å². The average Bonchev–Trinajstić information content (AvgIpc) is 3.21. The highest BCUT2D eigenvalue weighted by Crippen LogP contribution is 2.32. The summed E-state index contributed by atoms with van der Waals surface area (Å²) in [7, 11) is 0. The second-order valence-corrected chi connectivity index (χ2v) is 8.99. The van der Waals surface area contributed by atoms with Crippen molar-refractivity contribution >= 4 is 56.5 Å². The molecule has 2 heterocycles. The third-order valence-corrected chi connectivity index (χ3v) is 6.85. The first-order chi connectivity index (χ1) is 15.1. The first-order valence-electron chi connectivity index (χ1n) is 9.44. The van der Waals surface area contributed by atoms with Crippen molar-refractivity contribution < 1.29 is 4.79 Å². The summed E-state index contributed by atoms with van der Waals surface area (Å²) in [4.78, 5) is 31.9. The van der Waals surface area contributed by atoms with Crippen molar-refractivity contribution in [3.05, 3.63) is 88.7 Å². The van der Waals surface area contributed by atoms with E-state index in [1.165, 1.54) is 23.1 Å². The molecular formula is C23H18ClN3O2S2. The standard InChI is InChI=1S/C23H18ClN3O2S2/c1-2-12-27-22(29)16-13-19(15-8-4-3-5-9-15)31-21(16)26-23(27)30-14-20(28)25-18-11-7-6-10-17(18)24/h2-11,13H,1,12,14H2,(H,25,28). The molecule has 2 aromatic carbocycles. The molecule has 0 spiro atoms. The van der Waals surface area contributed by atoms with Gasteiger partial charge in [-0.2, -0.15) is 0 Å². The summed E-state index contributed by atoms with van der Waals surface area (Å²) < 4.78 is 1.55. The van der Waals surface area contributed by atoms with E-state index in [9.17, 15) is 9.59 Å². The molecule has 156 valence electrons. The van der Waals surface area contributed by atoms with Crippen molar-refractivity contribution in [3.8, 4) is 10.4 Å². The van der Waals surface area contributed by atoms with Crippen LogP contribution in [-0.2, 0) is 11.3 Å². The number of allylic oxidation sites excluding steroid dienone is 1. The fourth-order valence-corrected chi connectivity index (χ4v) is 5.09. The number of thioether (sulfide) groups is 1. The summed E-state index contributed by atoms with van der Waals surface area (Å²) in [5.41, 5.74) is 1.44. The molecule has 2 aromatic heterocycles. The molecule has 0 saturated heterocycles. The largest absolute Gasteiger partial charge is 0.324 e. The van der Waals surface area contributed by atoms with Gasteiger partial charge in [0.1, 0.15) is 4.83 Å². The number of fused-ring (bicyclic) bond motifs is 1. The first-order valence-corrected chi connectivity index (χ1v) is 11.6. The number of nitrogens with zero attached hydrogens (tertiary/aromatic N) is 2. The number of rotatable bonds is 7. The third kappa shape index (κ3) is 4.74. The van der Waals surface area contributed by atoms with E-state index in [-0.39, 0.29) is 17.2 Å². The lowest BCUT2D eigenvalue weighted by atomic mass is 10.2. The number of hydrogen-bond donors (Lipinski definition) is 1. The average molecular weight is 468 g/mol. The zero-order valence-electron chi connectivity index (χ0n) is 16.4. The van der Waals surface area contributed by atoms with Crippen LogP contribution in [0.2, 0.25) is 5.02 Å². The van der Waals surface area contributed by atoms with Crippen LogP contribution in [0, 0.1) is 0 Å². The number of carbonyl (C=O) groups excluding carboxylic acids is 1. The Morgan fingerprint density at radius 2 is 1.94 bits per heavy atom. The molecule has 1 N–H and O–H groups in total. The Morgan fingerprint density at radius 3 is 2.68 bits per heavy atom. The monoisotopic (exact) mass is 467 g/mol. The highest BCUT2D eigenvalue weighted by Gasteiger charge is 2.16. The Labute approximate surface area is 192 Å². The van der Waals surface area contributed by atoms with E-state index >= 15 is 0 Å². The lowest BCUT2D eigenvalue weighted by molar-refractivity contribution is -0.113. The molecule has 1 amide bonds. The Hall–Kier alpha value is -2.87. The number of amides is 1. The first kappa shape index (κ1) is 21.4. The summed E-state index contributed by atoms with van der Waals surface area (Å²) in [6.07, 6.45) is 1.65. The van der Waals surface area contributed by atoms with Crippen LogP contribution in [0.25, 0.3) is 20.7 Å². The molecule has 0 atom stereocenters. The van der Waals surface area contributed by atoms with Gasteiger partial charge in [0.15, 0.2) is 5.16 Å². The van der Waals surface area contributed by atoms with E-state index in [0.717, 1.165) is 10.4 Å². The Bertz CT molecular complexity index is 1320. The maximum absolute atomic E-state index is 13.1. The number of thiophene rings is 1. The maximum Gasteiger partial charge on any atom is 0.263 e. The Morgan fingerprint density at radius 1 is 1.19 bits per heavy atom. The third-order valence-electron chi connectivity index (χ3n) is 4.47. The van der Waals surface area contributed by atoms with Crippen LogP contribution in [-0.4, -0.2) is 21.2 Å². The van der Waals surface area contributed by atoms with Crippen LogP contribution >= 0.6 is 34.7 Å². The predicted octanol–water partition coefficient (Wildman–Crippen LogP) is 5.70. The number of halogens is 1. The Balaban J connectivity index is 1.62. The summed E-state index contributed by atoms with van der Waals surface area (Å²) >= 11 is 8.77. The van der Waals surface area contributed by atoms with Gasteiger partial charge in [-0.15, -0.1) is 17.9 Å². The molecule has 4 rings (SSSR count). The van der Waals surface area contributed by atoms with Crippen LogP contribution in [0.15, 0.2) is 83.3 Å². The molecule has 0 radical (unpaired) electrons. The van der Waals surface area contributed by atoms with E-state index in [1.54, 1.807) is 34.9 Å². The molecular weight excluding hydrogens is 450 g/mol. The van der Waals surface area contributed by atoms with Crippen LogP contribution in [0.3, 0.4) is 0 Å². The van der Waals surface area contributed by atoms with Gasteiger partial charge in [-0.05, 0) is 23.8 Å². The summed E-state index contributed by atoms with van der Waals surface area (Å²) in [6.45, 7) is 4.06. The number of aromatic nitrogens is 2. The molecule has 0 aliphatic carbocycles. The van der Waals surface area contributed by atoms with E-state index in [4.69, 9.17) is 11.6 Å². The van der Waals surface area contributed by atoms with E-state index < -0.39 is 0 Å². The quantitative estimate of drug-likeness (QED) is 0.215. The molecule has 0 saturated carbocycles. The van der Waals surface area contributed by atoms with Crippen LogP contribution in [0.4, 0.5) is 5.69 Å². The summed E-state index contributed by atoms with van der Waals surface area (Å²) in [6, 6.07) is 18.8. The van der Waals surface area contributed by atoms with Gasteiger partial charge in [0.2, 0.25) is 5.91 Å². The van der Waals surface area contributed by atoms with Crippen molar-refractivity contribution in [2.24, 2.45) is 0 Å². The topological polar surface area (TPSA) is 64.0 Å². The van der Waals surface area contributed by atoms with Gasteiger partial charge < -0.3 is 5.32 Å². The van der Waals surface area contributed by atoms with Gasteiger partial charge in [-0.1, -0.05) is 71.9 Å². The fourth-order valence-electron chi connectivity index (χ4n) is 3.02. The molecule has 31 heavy (non-hydrogen) atoms. The van der Waals surface area contributed by atoms with Gasteiger partial charge >= 0.3 is 0 Å². The van der Waals surface area contributed by atoms with Gasteiger partial charge in [0, 0.05) is 11.4 Å². The van der Waals surface area contributed by atoms with Crippen molar-refractivity contribution in [2.45, 2.75) is 11.7 Å². The molecule has 5 nitrogen and oxygen atoms in total. The Kier molecular flexibility index (Phi) is 6.56. The van der Waals surface area contributed by atoms with E-state index in [0.29, 0.717) is 32.6 Å². The number of anilines is 1. The van der Waals surface area contributed by atoms with Crippen LogP contribution in [0.1, 0.15) is 0 Å². The van der Waals surface area contributed by atoms with E-state index in [2.05, 4.69) is 16.9 Å². The lowest BCUT2D eigenvalue weighted by Gasteiger charge is -2.10. The molecule has 4 aromatic rings. The molecule has 0 unspecified atom stereocenters. The normalized spacial score (nSPS) is 10.9. The molecule has 0 fully saturated rings. The SMILES string of the molecule is C=CCn1c(SCC(=O)Nc2ccccc2Cl)nc2sc(-c3ccccc3)cc2c1=O. The number of benzene rings is 2. The number of hydrogen-bond acceptors (Lipinski definition) is 5. The minimum atomic E-state index is -0.228. The highest BCUT2D eigenvalue weighted by molar-refractivity contribution is 7.99. The minimum Gasteiger partial charge on any atom is -0.324 e. The van der Waals surface area contributed by atoms with Gasteiger partial charge in [-0.25, -0.2) is 4.98 Å². The number of carbonyl (C=O) groups is 1. The molecule has 0 aliphatic rings. The summed E-state index contributed by atoms with van der Waals surface area (Å²) in [5, 5.41) is 4.30. The van der Waals surface area contributed by atoms with Crippen molar-refractivity contribution in [2.75, 3.05) is 11.1 Å². The second-order valence-electron chi connectivity index (χ2n) is 6.61. The van der Waals surface area contributed by atoms with Crippen LogP contribution in [0.5, 0.6) is 0 Å². The minimum absolute atomic E-state index is 0.0945. The second kappa shape index (κ2) is 9.51. The maximum atomic E-state index is 13.1. The van der Waals surface area contributed by atoms with E-state index in [1.807, 2.05) is 36.4 Å². The van der Waals surface area contributed by atoms with Crippen molar-refractivity contribution in [1.29, 1.82) is 0 Å². The summed E-state index contributed by atoms with van der Waals surface area (Å²) in [5.74, 6) is -0.134. The number of para-hydroxylation sites is 1. The lowest BCUT2D eigenvalue weighted by Crippen LogP contribution is -2.23. The molecule has 0 aliphatic heterocycles. The fraction of sp³-hybridized carbons (Fsp3) is 0.0870.